The van der Waals surface area contributed by atoms with Gasteiger partial charge in [-0.3, -0.25) is 0 Å². The summed E-state index contributed by atoms with van der Waals surface area (Å²) in [5.74, 6) is 1.30. The number of nitrogens with zero attached hydrogens (tertiary/aromatic N) is 2. The van der Waals surface area contributed by atoms with Crippen molar-refractivity contribution in [2.24, 2.45) is 0 Å². The Morgan fingerprint density at radius 2 is 2.26 bits per heavy atom. The van der Waals surface area contributed by atoms with Gasteiger partial charge in [0, 0.05) is 24.0 Å². The molecule has 0 amide bonds. The molecule has 1 N–H and O–H groups in total. The second-order valence-electron chi connectivity index (χ2n) is 5.40. The fourth-order valence-corrected chi connectivity index (χ4v) is 2.82. The van der Waals surface area contributed by atoms with Crippen LogP contribution >= 0.6 is 11.6 Å². The van der Waals surface area contributed by atoms with E-state index in [1.165, 1.54) is 6.33 Å². The number of methoxy groups -OCH3 is 1. The van der Waals surface area contributed by atoms with Crippen LogP contribution in [-0.4, -0.2) is 49.5 Å². The van der Waals surface area contributed by atoms with Crippen molar-refractivity contribution in [1.29, 1.82) is 0 Å². The quantitative estimate of drug-likeness (QED) is 0.645. The second-order valence-corrected chi connectivity index (χ2v) is 5.76. The molecule has 0 bridgehead atoms. The van der Waals surface area contributed by atoms with Crippen molar-refractivity contribution in [3.05, 3.63) is 23.6 Å². The summed E-state index contributed by atoms with van der Waals surface area (Å²) in [6.45, 7) is 3.09. The highest BCUT2D eigenvalue weighted by Crippen LogP contribution is 2.33. The average Bonchev–Trinajstić information content (AvgIpc) is 2.59. The first-order valence-electron chi connectivity index (χ1n) is 7.70. The van der Waals surface area contributed by atoms with Crippen LogP contribution in [0.15, 0.2) is 18.5 Å². The van der Waals surface area contributed by atoms with E-state index >= 15 is 0 Å². The molecule has 1 aliphatic rings. The molecule has 0 aliphatic carbocycles. The Kier molecular flexibility index (Phi) is 5.48. The fraction of sp³-hybridized carbons (Fsp3) is 0.500. The molecule has 0 saturated carbocycles. The molecule has 1 aromatic carbocycles. The molecule has 2 heterocycles. The van der Waals surface area contributed by atoms with E-state index in [4.69, 9.17) is 25.8 Å². The average molecular weight is 338 g/mol. The van der Waals surface area contributed by atoms with E-state index < -0.39 is 0 Å². The fourth-order valence-electron chi connectivity index (χ4n) is 2.62. The highest BCUT2D eigenvalue weighted by molar-refractivity contribution is 6.34. The summed E-state index contributed by atoms with van der Waals surface area (Å²) in [7, 11) is 1.61. The Balaban J connectivity index is 1.63. The predicted octanol–water partition coefficient (Wildman–Crippen LogP) is 2.44. The molecule has 3 rings (SSSR count). The summed E-state index contributed by atoms with van der Waals surface area (Å²) in [4.78, 5) is 8.19. The first kappa shape index (κ1) is 16.2. The smallest absolute Gasteiger partial charge is 0.162 e. The van der Waals surface area contributed by atoms with Gasteiger partial charge >= 0.3 is 0 Å². The van der Waals surface area contributed by atoms with Gasteiger partial charge in [0.05, 0.1) is 32.4 Å². The minimum Gasteiger partial charge on any atom is -0.493 e. The third-order valence-corrected chi connectivity index (χ3v) is 4.13. The summed E-state index contributed by atoms with van der Waals surface area (Å²) in [6.07, 6.45) is 3.38. The normalized spacial score (nSPS) is 18.1. The monoisotopic (exact) mass is 337 g/mol. The summed E-state index contributed by atoms with van der Waals surface area (Å²) in [5.41, 5.74) is 0.734. The maximum atomic E-state index is 6.12. The van der Waals surface area contributed by atoms with Crippen molar-refractivity contribution in [1.82, 2.24) is 15.3 Å². The van der Waals surface area contributed by atoms with E-state index in [1.807, 2.05) is 12.1 Å². The summed E-state index contributed by atoms with van der Waals surface area (Å²) >= 11 is 6.12. The van der Waals surface area contributed by atoms with Crippen LogP contribution in [0.1, 0.15) is 12.8 Å². The van der Waals surface area contributed by atoms with Gasteiger partial charge in [0.2, 0.25) is 0 Å². The number of hydrogen-bond donors (Lipinski definition) is 1. The number of hydrogen-bond acceptors (Lipinski definition) is 6. The number of rotatable bonds is 6. The van der Waals surface area contributed by atoms with Crippen LogP contribution in [0.25, 0.3) is 10.9 Å². The van der Waals surface area contributed by atoms with Crippen molar-refractivity contribution < 1.29 is 14.2 Å². The van der Waals surface area contributed by atoms with Gasteiger partial charge in [-0.25, -0.2) is 9.97 Å². The van der Waals surface area contributed by atoms with Gasteiger partial charge in [-0.1, -0.05) is 11.6 Å². The first-order chi connectivity index (χ1) is 11.3. The Morgan fingerprint density at radius 1 is 1.35 bits per heavy atom. The van der Waals surface area contributed by atoms with Gasteiger partial charge in [0.25, 0.3) is 0 Å². The molecule has 1 unspecified atom stereocenters. The van der Waals surface area contributed by atoms with Crippen molar-refractivity contribution in [2.75, 3.05) is 33.5 Å². The molecular weight excluding hydrogens is 318 g/mol. The zero-order valence-electron chi connectivity index (χ0n) is 13.0. The minimum atomic E-state index is 0.408. The Hall–Kier alpha value is -1.63. The minimum absolute atomic E-state index is 0.408. The number of morpholine rings is 1. The number of aromatic nitrogens is 2. The molecule has 1 aliphatic heterocycles. The Morgan fingerprint density at radius 3 is 3.04 bits per heavy atom. The number of benzene rings is 1. The molecular formula is C16H20ClN3O3. The number of nitrogens with one attached hydrogen (secondary N) is 1. The molecule has 2 aromatic rings. The van der Waals surface area contributed by atoms with Crippen LogP contribution in [0.5, 0.6) is 11.5 Å². The van der Waals surface area contributed by atoms with Crippen molar-refractivity contribution in [2.45, 2.75) is 18.9 Å². The molecule has 124 valence electrons. The van der Waals surface area contributed by atoms with Crippen molar-refractivity contribution in [3.8, 4) is 11.5 Å². The lowest BCUT2D eigenvalue weighted by Crippen LogP contribution is -2.41. The van der Waals surface area contributed by atoms with Crippen LogP contribution < -0.4 is 14.8 Å². The van der Waals surface area contributed by atoms with Gasteiger partial charge in [-0.05, 0) is 18.9 Å². The van der Waals surface area contributed by atoms with E-state index in [1.54, 1.807) is 7.11 Å². The number of fused-ring (bicyclic) bond motifs is 1. The third-order valence-electron chi connectivity index (χ3n) is 3.83. The van der Waals surface area contributed by atoms with Crippen LogP contribution in [0.2, 0.25) is 5.15 Å². The molecule has 7 heteroatoms. The van der Waals surface area contributed by atoms with E-state index in [0.717, 1.165) is 43.5 Å². The van der Waals surface area contributed by atoms with Crippen LogP contribution in [0.3, 0.4) is 0 Å². The molecule has 1 aromatic heterocycles. The molecule has 1 saturated heterocycles. The highest BCUT2D eigenvalue weighted by Gasteiger charge is 2.13. The van der Waals surface area contributed by atoms with E-state index in [-0.39, 0.29) is 0 Å². The molecule has 23 heavy (non-hydrogen) atoms. The van der Waals surface area contributed by atoms with E-state index in [2.05, 4.69) is 15.3 Å². The zero-order valence-corrected chi connectivity index (χ0v) is 13.8. The maximum Gasteiger partial charge on any atom is 0.162 e. The predicted molar refractivity (Wildman–Crippen MR) is 88.4 cm³/mol. The number of ether oxygens (including phenoxy) is 3. The summed E-state index contributed by atoms with van der Waals surface area (Å²) < 4.78 is 16.7. The molecule has 1 atom stereocenters. The highest BCUT2D eigenvalue weighted by atomic mass is 35.5. The first-order valence-corrected chi connectivity index (χ1v) is 8.08. The maximum absolute atomic E-state index is 6.12. The van der Waals surface area contributed by atoms with E-state index in [9.17, 15) is 0 Å². The topological polar surface area (TPSA) is 65.5 Å². The molecule has 1 fully saturated rings. The second kappa shape index (κ2) is 7.77. The van der Waals surface area contributed by atoms with Crippen LogP contribution in [-0.2, 0) is 4.74 Å². The standard InChI is InChI=1S/C16H20ClN3O3/c1-21-14-8-13-12(16(17)20-10-19-13)7-15(14)23-5-2-3-11-9-22-6-4-18-11/h7-8,10-11,18H,2-6,9H2,1H3. The Labute approximate surface area is 140 Å². The van der Waals surface area contributed by atoms with Gasteiger partial charge in [-0.15, -0.1) is 0 Å². The van der Waals surface area contributed by atoms with Gasteiger partial charge < -0.3 is 19.5 Å². The van der Waals surface area contributed by atoms with Gasteiger partial charge in [0.1, 0.15) is 11.5 Å². The Bertz CT molecular complexity index is 662. The lowest BCUT2D eigenvalue weighted by molar-refractivity contribution is 0.0721. The van der Waals surface area contributed by atoms with Crippen LogP contribution in [0, 0.1) is 0 Å². The van der Waals surface area contributed by atoms with Gasteiger partial charge in [-0.2, -0.15) is 0 Å². The van der Waals surface area contributed by atoms with Gasteiger partial charge in [0.15, 0.2) is 11.5 Å². The van der Waals surface area contributed by atoms with Crippen LogP contribution in [0.4, 0.5) is 0 Å². The molecule has 0 spiro atoms. The summed E-state index contributed by atoms with van der Waals surface area (Å²) in [5, 5.41) is 4.60. The summed E-state index contributed by atoms with van der Waals surface area (Å²) in [6, 6.07) is 4.06. The third kappa shape index (κ3) is 4.02. The lowest BCUT2D eigenvalue weighted by atomic mass is 10.1. The lowest BCUT2D eigenvalue weighted by Gasteiger charge is -2.23. The SMILES string of the molecule is COc1cc2ncnc(Cl)c2cc1OCCCC1COCCN1. The zero-order chi connectivity index (χ0) is 16.1. The van der Waals surface area contributed by atoms with Crippen molar-refractivity contribution in [3.63, 3.8) is 0 Å². The molecule has 6 nitrogen and oxygen atoms in total. The molecule has 0 radical (unpaired) electrons. The largest absolute Gasteiger partial charge is 0.493 e. The number of halogens is 1. The van der Waals surface area contributed by atoms with E-state index in [0.29, 0.717) is 29.3 Å². The van der Waals surface area contributed by atoms with Crippen molar-refractivity contribution >= 4 is 22.5 Å².